The van der Waals surface area contributed by atoms with Gasteiger partial charge in [-0.15, -0.1) is 0 Å². The fraction of sp³-hybridized carbons (Fsp3) is 0.909. The molecule has 0 aliphatic heterocycles. The van der Waals surface area contributed by atoms with Crippen LogP contribution in [0.25, 0.3) is 0 Å². The Morgan fingerprint density at radius 1 is 1.43 bits per heavy atom. The summed E-state index contributed by atoms with van der Waals surface area (Å²) in [6.45, 7) is 2.29. The average Bonchev–Trinajstić information content (AvgIpc) is 2.85. The maximum absolute atomic E-state index is 11.2. The van der Waals surface area contributed by atoms with Gasteiger partial charge in [0.15, 0.2) is 0 Å². The van der Waals surface area contributed by atoms with Gasteiger partial charge in [-0.25, -0.2) is 0 Å². The lowest BCUT2D eigenvalue weighted by Gasteiger charge is -2.30. The molecule has 0 aromatic rings. The molecule has 3 heteroatoms. The van der Waals surface area contributed by atoms with E-state index in [0.717, 1.165) is 18.8 Å². The number of carbonyl (C=O) groups excluding carboxylic acids is 1. The number of hydrogen-bond donors (Lipinski definition) is 2. The Balaban J connectivity index is 1.88. The largest absolute Gasteiger partial charge is 0.368 e. The zero-order valence-electron chi connectivity index (χ0n) is 8.88. The quantitative estimate of drug-likeness (QED) is 0.712. The first-order valence-corrected chi connectivity index (χ1v) is 5.70. The van der Waals surface area contributed by atoms with Gasteiger partial charge in [0.25, 0.3) is 0 Å². The Hall–Kier alpha value is -0.570. The lowest BCUT2D eigenvalue weighted by atomic mass is 9.86. The van der Waals surface area contributed by atoms with Gasteiger partial charge < -0.3 is 11.1 Å². The summed E-state index contributed by atoms with van der Waals surface area (Å²) in [5.74, 6) is 0.639. The van der Waals surface area contributed by atoms with Crippen molar-refractivity contribution in [2.75, 3.05) is 0 Å². The standard InChI is InChI=1S/C11H20N2O/c1-8-3-2-4-9(7-8)13-11(5-6-11)10(12)14/h8-9,13H,2-7H2,1H3,(H2,12,14). The van der Waals surface area contributed by atoms with E-state index in [-0.39, 0.29) is 11.4 Å². The van der Waals surface area contributed by atoms with Gasteiger partial charge in [-0.2, -0.15) is 0 Å². The van der Waals surface area contributed by atoms with Crippen LogP contribution < -0.4 is 11.1 Å². The molecule has 3 nitrogen and oxygen atoms in total. The average molecular weight is 196 g/mol. The molecule has 2 saturated carbocycles. The van der Waals surface area contributed by atoms with Gasteiger partial charge in [0.05, 0.1) is 5.54 Å². The van der Waals surface area contributed by atoms with Crippen LogP contribution in [0.15, 0.2) is 0 Å². The number of nitrogens with one attached hydrogen (secondary N) is 1. The fourth-order valence-electron chi connectivity index (χ4n) is 2.54. The molecule has 2 unspecified atom stereocenters. The molecule has 0 aromatic heterocycles. The second-order valence-electron chi connectivity index (χ2n) is 5.06. The number of hydrogen-bond acceptors (Lipinski definition) is 2. The van der Waals surface area contributed by atoms with E-state index in [0.29, 0.717) is 6.04 Å². The van der Waals surface area contributed by atoms with Gasteiger partial charge in [0, 0.05) is 6.04 Å². The summed E-state index contributed by atoms with van der Waals surface area (Å²) < 4.78 is 0. The highest BCUT2D eigenvalue weighted by molar-refractivity contribution is 5.87. The Bertz CT molecular complexity index is 235. The van der Waals surface area contributed by atoms with Crippen molar-refractivity contribution in [1.29, 1.82) is 0 Å². The second kappa shape index (κ2) is 3.54. The van der Waals surface area contributed by atoms with E-state index in [4.69, 9.17) is 5.73 Å². The van der Waals surface area contributed by atoms with Gasteiger partial charge in [-0.05, 0) is 31.6 Å². The van der Waals surface area contributed by atoms with Gasteiger partial charge >= 0.3 is 0 Å². The summed E-state index contributed by atoms with van der Waals surface area (Å²) in [4.78, 5) is 11.2. The van der Waals surface area contributed by atoms with Crippen LogP contribution in [0, 0.1) is 5.92 Å². The highest BCUT2D eigenvalue weighted by Crippen LogP contribution is 2.37. The summed E-state index contributed by atoms with van der Waals surface area (Å²) >= 11 is 0. The van der Waals surface area contributed by atoms with Crippen molar-refractivity contribution in [2.24, 2.45) is 11.7 Å². The number of primary amides is 1. The van der Waals surface area contributed by atoms with Crippen molar-refractivity contribution in [3.05, 3.63) is 0 Å². The van der Waals surface area contributed by atoms with E-state index < -0.39 is 0 Å². The van der Waals surface area contributed by atoms with Gasteiger partial charge in [0.2, 0.25) is 5.91 Å². The van der Waals surface area contributed by atoms with E-state index in [1.54, 1.807) is 0 Å². The molecule has 3 N–H and O–H groups in total. The Morgan fingerprint density at radius 2 is 2.14 bits per heavy atom. The molecule has 2 rings (SSSR count). The lowest BCUT2D eigenvalue weighted by Crippen LogP contribution is -2.49. The zero-order valence-corrected chi connectivity index (χ0v) is 8.88. The minimum absolute atomic E-state index is 0.157. The van der Waals surface area contributed by atoms with Crippen molar-refractivity contribution >= 4 is 5.91 Å². The Kier molecular flexibility index (Phi) is 2.52. The molecule has 1 amide bonds. The molecular formula is C11H20N2O. The Morgan fingerprint density at radius 3 is 2.64 bits per heavy atom. The SMILES string of the molecule is CC1CCCC(NC2(C(N)=O)CC2)C1. The van der Waals surface area contributed by atoms with Crippen LogP contribution in [0.5, 0.6) is 0 Å². The summed E-state index contributed by atoms with van der Waals surface area (Å²) in [5, 5.41) is 3.46. The molecule has 2 aliphatic rings. The summed E-state index contributed by atoms with van der Waals surface area (Å²) in [5.41, 5.74) is 5.07. The topological polar surface area (TPSA) is 55.1 Å². The third-order valence-electron chi connectivity index (χ3n) is 3.64. The van der Waals surface area contributed by atoms with Crippen LogP contribution in [0.1, 0.15) is 45.4 Å². The number of amides is 1. The zero-order chi connectivity index (χ0) is 10.2. The van der Waals surface area contributed by atoms with Crippen molar-refractivity contribution in [2.45, 2.75) is 57.0 Å². The first-order chi connectivity index (χ1) is 6.62. The highest BCUT2D eigenvalue weighted by Gasteiger charge is 2.49. The number of nitrogens with two attached hydrogens (primary N) is 1. The smallest absolute Gasteiger partial charge is 0.237 e. The predicted octanol–water partition coefficient (Wildman–Crippen LogP) is 1.17. The third kappa shape index (κ3) is 1.92. The minimum Gasteiger partial charge on any atom is -0.368 e. The summed E-state index contributed by atoms with van der Waals surface area (Å²) in [7, 11) is 0. The first kappa shape index (κ1) is 9.97. The molecule has 0 aromatic carbocycles. The molecule has 0 heterocycles. The van der Waals surface area contributed by atoms with Crippen molar-refractivity contribution < 1.29 is 4.79 Å². The number of rotatable bonds is 3. The van der Waals surface area contributed by atoms with Crippen molar-refractivity contribution in [3.63, 3.8) is 0 Å². The first-order valence-electron chi connectivity index (χ1n) is 5.70. The van der Waals surface area contributed by atoms with Crippen molar-refractivity contribution in [1.82, 2.24) is 5.32 Å². The summed E-state index contributed by atoms with van der Waals surface area (Å²) in [6.07, 6.45) is 6.91. The maximum atomic E-state index is 11.2. The van der Waals surface area contributed by atoms with E-state index in [1.165, 1.54) is 25.7 Å². The molecule has 0 radical (unpaired) electrons. The van der Waals surface area contributed by atoms with Gasteiger partial charge in [-0.3, -0.25) is 4.79 Å². The van der Waals surface area contributed by atoms with Crippen LogP contribution in [0.2, 0.25) is 0 Å². The van der Waals surface area contributed by atoms with Crippen LogP contribution in [-0.2, 0) is 4.79 Å². The van der Waals surface area contributed by atoms with Gasteiger partial charge in [0.1, 0.15) is 0 Å². The molecule has 14 heavy (non-hydrogen) atoms. The van der Waals surface area contributed by atoms with Crippen LogP contribution in [0.3, 0.4) is 0 Å². The molecular weight excluding hydrogens is 176 g/mol. The van der Waals surface area contributed by atoms with Crippen LogP contribution in [-0.4, -0.2) is 17.5 Å². The molecule has 0 saturated heterocycles. The van der Waals surface area contributed by atoms with E-state index in [1.807, 2.05) is 0 Å². The third-order valence-corrected chi connectivity index (χ3v) is 3.64. The Labute approximate surface area is 85.4 Å². The molecule has 0 bridgehead atoms. The van der Waals surface area contributed by atoms with Crippen LogP contribution in [0.4, 0.5) is 0 Å². The predicted molar refractivity (Wildman–Crippen MR) is 55.7 cm³/mol. The van der Waals surface area contributed by atoms with Crippen molar-refractivity contribution in [3.8, 4) is 0 Å². The molecule has 2 aliphatic carbocycles. The van der Waals surface area contributed by atoms with E-state index >= 15 is 0 Å². The molecule has 2 atom stereocenters. The second-order valence-corrected chi connectivity index (χ2v) is 5.06. The van der Waals surface area contributed by atoms with E-state index in [9.17, 15) is 4.79 Å². The normalized spacial score (nSPS) is 35.2. The summed E-state index contributed by atoms with van der Waals surface area (Å²) in [6, 6.07) is 0.522. The molecule has 80 valence electrons. The molecule has 0 spiro atoms. The molecule has 2 fully saturated rings. The minimum atomic E-state index is -0.318. The monoisotopic (exact) mass is 196 g/mol. The van der Waals surface area contributed by atoms with E-state index in [2.05, 4.69) is 12.2 Å². The lowest BCUT2D eigenvalue weighted by molar-refractivity contribution is -0.121. The fourth-order valence-corrected chi connectivity index (χ4v) is 2.54. The number of carbonyl (C=O) groups is 1. The van der Waals surface area contributed by atoms with Gasteiger partial charge in [-0.1, -0.05) is 19.8 Å². The van der Waals surface area contributed by atoms with Crippen LogP contribution >= 0.6 is 0 Å². The highest BCUT2D eigenvalue weighted by atomic mass is 16.1. The maximum Gasteiger partial charge on any atom is 0.237 e.